The van der Waals surface area contributed by atoms with Crippen LogP contribution in [-0.4, -0.2) is 50.5 Å². The molecule has 0 aromatic carbocycles. The molecule has 0 aromatic rings. The van der Waals surface area contributed by atoms with E-state index in [4.69, 9.17) is 4.55 Å². The standard InChI is InChI=1S/C5H10N2.C2H6O4S/c1-2-7-4-3-6-5-7;1-2-6-7(3,4)5/h5H,2-4H2,1H3;2H2,1H3,(H,3,4,5). The maximum absolute atomic E-state index is 9.56. The number of aliphatic imine (C=N–C) groups is 1. The Morgan fingerprint density at radius 2 is 2.21 bits per heavy atom. The SMILES string of the molecule is CCN1C=NCC1.CCOS(=O)(=O)O. The summed E-state index contributed by atoms with van der Waals surface area (Å²) < 4.78 is 30.7. The van der Waals surface area contributed by atoms with Crippen LogP contribution in [0.1, 0.15) is 13.8 Å². The number of rotatable bonds is 3. The maximum Gasteiger partial charge on any atom is 0.397 e. The van der Waals surface area contributed by atoms with Crippen LogP contribution in [0.5, 0.6) is 0 Å². The molecule has 0 bridgehead atoms. The van der Waals surface area contributed by atoms with Crippen LogP contribution in [0.4, 0.5) is 0 Å². The number of hydrogen-bond acceptors (Lipinski definition) is 5. The second-order valence-corrected chi connectivity index (χ2v) is 3.58. The fourth-order valence-corrected chi connectivity index (χ4v) is 1.10. The fraction of sp³-hybridized carbons (Fsp3) is 0.857. The van der Waals surface area contributed by atoms with Crippen LogP contribution in [-0.2, 0) is 14.6 Å². The molecule has 0 atom stereocenters. The van der Waals surface area contributed by atoms with Crippen molar-refractivity contribution in [2.24, 2.45) is 4.99 Å². The minimum Gasteiger partial charge on any atom is -0.361 e. The van der Waals surface area contributed by atoms with Gasteiger partial charge >= 0.3 is 10.4 Å². The van der Waals surface area contributed by atoms with Gasteiger partial charge in [-0.05, 0) is 13.8 Å². The quantitative estimate of drug-likeness (QED) is 0.691. The van der Waals surface area contributed by atoms with E-state index in [-0.39, 0.29) is 6.61 Å². The summed E-state index contributed by atoms with van der Waals surface area (Å²) in [6, 6.07) is 0. The normalized spacial score (nSPS) is 15.2. The molecule has 0 unspecified atom stereocenters. The number of nitrogens with zero attached hydrogens (tertiary/aromatic N) is 2. The molecular weight excluding hydrogens is 208 g/mol. The first-order chi connectivity index (χ1) is 6.49. The monoisotopic (exact) mass is 224 g/mol. The van der Waals surface area contributed by atoms with Crippen molar-refractivity contribution in [3.8, 4) is 0 Å². The van der Waals surface area contributed by atoms with Gasteiger partial charge in [-0.15, -0.1) is 0 Å². The van der Waals surface area contributed by atoms with Crippen LogP contribution in [0.25, 0.3) is 0 Å². The number of hydrogen-bond donors (Lipinski definition) is 1. The molecule has 0 saturated carbocycles. The van der Waals surface area contributed by atoms with E-state index in [1.165, 1.54) is 6.92 Å². The van der Waals surface area contributed by atoms with Crippen molar-refractivity contribution in [3.63, 3.8) is 0 Å². The predicted molar refractivity (Wildman–Crippen MR) is 53.8 cm³/mol. The predicted octanol–water partition coefficient (Wildman–Crippen LogP) is 0.176. The molecular formula is C7H16N2O4S. The molecule has 14 heavy (non-hydrogen) atoms. The Hall–Kier alpha value is -0.660. The van der Waals surface area contributed by atoms with Crippen LogP contribution in [0.2, 0.25) is 0 Å². The molecule has 1 heterocycles. The van der Waals surface area contributed by atoms with Crippen LogP contribution in [0, 0.1) is 0 Å². The molecule has 0 aliphatic carbocycles. The first-order valence-corrected chi connectivity index (χ1v) is 5.72. The second-order valence-electron chi connectivity index (χ2n) is 2.48. The zero-order valence-corrected chi connectivity index (χ0v) is 9.20. The molecule has 1 aliphatic rings. The Labute approximate surface area is 84.5 Å². The summed E-state index contributed by atoms with van der Waals surface area (Å²) in [5, 5.41) is 0. The molecule has 6 nitrogen and oxygen atoms in total. The summed E-state index contributed by atoms with van der Waals surface area (Å²) in [6.45, 7) is 6.79. The molecule has 84 valence electrons. The lowest BCUT2D eigenvalue weighted by molar-refractivity contribution is 0.283. The van der Waals surface area contributed by atoms with Gasteiger partial charge in [-0.25, -0.2) is 4.18 Å². The van der Waals surface area contributed by atoms with Crippen LogP contribution in [0.15, 0.2) is 4.99 Å². The van der Waals surface area contributed by atoms with E-state index in [0.717, 1.165) is 19.6 Å². The van der Waals surface area contributed by atoms with Gasteiger partial charge in [0.05, 0.1) is 19.5 Å². The third-order valence-corrected chi connectivity index (χ3v) is 1.97. The van der Waals surface area contributed by atoms with Gasteiger partial charge in [-0.2, -0.15) is 8.42 Å². The highest BCUT2D eigenvalue weighted by atomic mass is 32.3. The third-order valence-electron chi connectivity index (χ3n) is 1.43. The van der Waals surface area contributed by atoms with Gasteiger partial charge in [-0.1, -0.05) is 0 Å². The van der Waals surface area contributed by atoms with Crippen molar-refractivity contribution >= 4 is 16.7 Å². The van der Waals surface area contributed by atoms with E-state index in [9.17, 15) is 8.42 Å². The summed E-state index contributed by atoms with van der Waals surface area (Å²) in [5.41, 5.74) is 0. The lowest BCUT2D eigenvalue weighted by atomic mass is 10.6. The molecule has 0 amide bonds. The lowest BCUT2D eigenvalue weighted by Gasteiger charge is -2.07. The average molecular weight is 224 g/mol. The molecule has 0 spiro atoms. The topological polar surface area (TPSA) is 79.2 Å². The van der Waals surface area contributed by atoms with Gasteiger partial charge in [-0.3, -0.25) is 9.55 Å². The van der Waals surface area contributed by atoms with Crippen molar-refractivity contribution in [3.05, 3.63) is 0 Å². The zero-order valence-electron chi connectivity index (χ0n) is 8.38. The first kappa shape index (κ1) is 13.3. The Morgan fingerprint density at radius 3 is 2.36 bits per heavy atom. The van der Waals surface area contributed by atoms with Crippen molar-refractivity contribution in [1.82, 2.24) is 4.90 Å². The Morgan fingerprint density at radius 1 is 1.57 bits per heavy atom. The van der Waals surface area contributed by atoms with Crippen molar-refractivity contribution in [2.45, 2.75) is 13.8 Å². The molecule has 1 N–H and O–H groups in total. The minimum atomic E-state index is -4.17. The summed E-state index contributed by atoms with van der Waals surface area (Å²) in [7, 11) is -4.17. The van der Waals surface area contributed by atoms with Gasteiger partial charge in [0.2, 0.25) is 0 Å². The summed E-state index contributed by atoms with van der Waals surface area (Å²) in [6.07, 6.45) is 1.92. The molecule has 1 aliphatic heterocycles. The minimum absolute atomic E-state index is 0.0289. The maximum atomic E-state index is 9.56. The van der Waals surface area contributed by atoms with Gasteiger partial charge in [0, 0.05) is 13.1 Å². The highest BCUT2D eigenvalue weighted by Gasteiger charge is 1.99. The summed E-state index contributed by atoms with van der Waals surface area (Å²) >= 11 is 0. The fourth-order valence-electron chi connectivity index (χ4n) is 0.806. The Balaban J connectivity index is 0.000000241. The van der Waals surface area contributed by atoms with Crippen molar-refractivity contribution in [2.75, 3.05) is 26.2 Å². The average Bonchev–Trinajstić information content (AvgIpc) is 2.54. The highest BCUT2D eigenvalue weighted by Crippen LogP contribution is 1.89. The molecule has 0 aromatic heterocycles. The van der Waals surface area contributed by atoms with Gasteiger partial charge in [0.25, 0.3) is 0 Å². The lowest BCUT2D eigenvalue weighted by Crippen LogP contribution is -2.18. The van der Waals surface area contributed by atoms with Gasteiger partial charge in [0.1, 0.15) is 0 Å². The molecule has 0 radical (unpaired) electrons. The molecule has 1 rings (SSSR count). The molecule has 0 saturated heterocycles. The van der Waals surface area contributed by atoms with Crippen LogP contribution < -0.4 is 0 Å². The Bertz CT molecular complexity index is 263. The number of likely N-dealkylation sites (N-methyl/N-ethyl adjacent to an activating group) is 1. The largest absolute Gasteiger partial charge is 0.397 e. The van der Waals surface area contributed by atoms with E-state index >= 15 is 0 Å². The molecule has 0 fully saturated rings. The highest BCUT2D eigenvalue weighted by molar-refractivity contribution is 7.80. The van der Waals surface area contributed by atoms with Crippen LogP contribution in [0.3, 0.4) is 0 Å². The van der Waals surface area contributed by atoms with Crippen LogP contribution >= 0.6 is 0 Å². The summed E-state index contributed by atoms with van der Waals surface area (Å²) in [5.74, 6) is 0. The smallest absolute Gasteiger partial charge is 0.361 e. The second kappa shape index (κ2) is 6.74. The Kier molecular flexibility index (Phi) is 6.43. The van der Waals surface area contributed by atoms with Crippen molar-refractivity contribution in [1.29, 1.82) is 0 Å². The van der Waals surface area contributed by atoms with E-state index in [1.54, 1.807) is 0 Å². The van der Waals surface area contributed by atoms with E-state index in [2.05, 4.69) is 21.0 Å². The zero-order chi connectivity index (χ0) is 11.0. The molecule has 7 heteroatoms. The van der Waals surface area contributed by atoms with E-state index in [1.807, 2.05) is 6.34 Å². The summed E-state index contributed by atoms with van der Waals surface area (Å²) in [4.78, 5) is 6.23. The third kappa shape index (κ3) is 7.96. The first-order valence-electron chi connectivity index (χ1n) is 4.35. The van der Waals surface area contributed by atoms with Gasteiger partial charge < -0.3 is 4.90 Å². The van der Waals surface area contributed by atoms with Gasteiger partial charge in [0.15, 0.2) is 0 Å². The van der Waals surface area contributed by atoms with E-state index in [0.29, 0.717) is 0 Å². The van der Waals surface area contributed by atoms with E-state index < -0.39 is 10.4 Å². The van der Waals surface area contributed by atoms with Crippen molar-refractivity contribution < 1.29 is 17.2 Å².